The van der Waals surface area contributed by atoms with Crippen molar-refractivity contribution in [1.29, 1.82) is 0 Å². The molecule has 0 atom stereocenters. The molecule has 1 aromatic heterocycles. The lowest BCUT2D eigenvalue weighted by atomic mass is 10.5. The number of hydrogen-bond donors (Lipinski definition) is 3. The third kappa shape index (κ3) is 3.54. The molecule has 1 rings (SSSR count). The molecule has 0 saturated heterocycles. The Morgan fingerprint density at radius 1 is 1.06 bits per heavy atom. The van der Waals surface area contributed by atoms with Crippen LogP contribution in [0.3, 0.4) is 0 Å². The second kappa shape index (κ2) is 5.66. The third-order valence-electron chi connectivity index (χ3n) is 1.63. The van der Waals surface area contributed by atoms with Crippen LogP contribution in [0.25, 0.3) is 0 Å². The number of nitrogens with two attached hydrogens (primary N) is 2. The molecule has 7 heteroatoms. The molecular formula is C9H15N7. The van der Waals surface area contributed by atoms with Gasteiger partial charge < -0.3 is 11.5 Å². The molecule has 0 spiro atoms. The van der Waals surface area contributed by atoms with Gasteiger partial charge in [-0.25, -0.2) is 5.01 Å². The molecule has 0 aliphatic carbocycles. The maximum atomic E-state index is 5.44. The highest BCUT2D eigenvalue weighted by Crippen LogP contribution is 2.04. The predicted octanol–water partition coefficient (Wildman–Crippen LogP) is 0.0369. The quantitative estimate of drug-likeness (QED) is 0.460. The first-order valence-corrected chi connectivity index (χ1v) is 4.66. The summed E-state index contributed by atoms with van der Waals surface area (Å²) in [6.07, 6.45) is 3.48. The van der Waals surface area contributed by atoms with Gasteiger partial charge in [-0.05, 0) is 0 Å². The molecular weight excluding hydrogens is 206 g/mol. The van der Waals surface area contributed by atoms with Crippen LogP contribution in [-0.4, -0.2) is 33.1 Å². The topological polar surface area (TPSA) is 106 Å². The maximum Gasteiger partial charge on any atom is 0.244 e. The van der Waals surface area contributed by atoms with Crippen LogP contribution in [0.2, 0.25) is 0 Å². The average Bonchev–Trinajstić information content (AvgIpc) is 2.16. The van der Waals surface area contributed by atoms with Crippen molar-refractivity contribution in [2.24, 2.45) is 0 Å². The molecule has 0 fully saturated rings. The van der Waals surface area contributed by atoms with E-state index in [1.54, 1.807) is 17.2 Å². The highest BCUT2D eigenvalue weighted by Gasteiger charge is 2.05. The maximum absolute atomic E-state index is 5.44. The minimum absolute atomic E-state index is 0.0761. The van der Waals surface area contributed by atoms with Crippen LogP contribution in [-0.2, 0) is 0 Å². The van der Waals surface area contributed by atoms with E-state index >= 15 is 0 Å². The Morgan fingerprint density at radius 2 is 1.56 bits per heavy atom. The number of hydrogen-bond acceptors (Lipinski definition) is 7. The summed E-state index contributed by atoms with van der Waals surface area (Å²) < 4.78 is 0. The summed E-state index contributed by atoms with van der Waals surface area (Å²) in [6, 6.07) is 0. The second-order valence-corrected chi connectivity index (χ2v) is 2.97. The Bertz CT molecular complexity index is 346. The van der Waals surface area contributed by atoms with Crippen LogP contribution >= 0.6 is 0 Å². The standard InChI is InChI=1S/C9H15N7/c1-3-5-16(6-4-2)15-9-13-7(10)12-8(11)14-9/h3-4H,1-2,5-6H2,(H5,10,11,12,13,14,15). The summed E-state index contributed by atoms with van der Waals surface area (Å²) >= 11 is 0. The summed E-state index contributed by atoms with van der Waals surface area (Å²) in [5, 5.41) is 1.80. The molecule has 86 valence electrons. The van der Waals surface area contributed by atoms with Crippen molar-refractivity contribution in [2.75, 3.05) is 30.0 Å². The van der Waals surface area contributed by atoms with Crippen molar-refractivity contribution in [3.8, 4) is 0 Å². The van der Waals surface area contributed by atoms with Gasteiger partial charge in [0, 0.05) is 13.1 Å². The van der Waals surface area contributed by atoms with Gasteiger partial charge >= 0.3 is 0 Å². The van der Waals surface area contributed by atoms with Crippen molar-refractivity contribution < 1.29 is 0 Å². The molecule has 0 saturated carbocycles. The number of hydrazine groups is 1. The Balaban J connectivity index is 2.75. The molecule has 5 N–H and O–H groups in total. The Kier molecular flexibility index (Phi) is 4.22. The van der Waals surface area contributed by atoms with Gasteiger partial charge in [0.25, 0.3) is 0 Å². The van der Waals surface area contributed by atoms with Crippen molar-refractivity contribution >= 4 is 17.8 Å². The van der Waals surface area contributed by atoms with Crippen molar-refractivity contribution in [3.63, 3.8) is 0 Å². The van der Waals surface area contributed by atoms with Crippen LogP contribution < -0.4 is 16.9 Å². The smallest absolute Gasteiger partial charge is 0.244 e. The SMILES string of the molecule is C=CCN(CC=C)Nc1nc(N)nc(N)n1. The Hall–Kier alpha value is -2.15. The number of rotatable bonds is 6. The van der Waals surface area contributed by atoms with E-state index in [0.717, 1.165) is 0 Å². The minimum Gasteiger partial charge on any atom is -0.368 e. The van der Waals surface area contributed by atoms with Crippen molar-refractivity contribution in [3.05, 3.63) is 25.3 Å². The Morgan fingerprint density at radius 3 is 2.00 bits per heavy atom. The van der Waals surface area contributed by atoms with Crippen LogP contribution in [0.4, 0.5) is 17.8 Å². The van der Waals surface area contributed by atoms with Gasteiger partial charge in [-0.3, -0.25) is 5.43 Å². The molecule has 0 aromatic carbocycles. The summed E-state index contributed by atoms with van der Waals surface area (Å²) in [5.74, 6) is 0.452. The first kappa shape index (κ1) is 11.9. The number of nitrogens with one attached hydrogen (secondary N) is 1. The lowest BCUT2D eigenvalue weighted by molar-refractivity contribution is 0.401. The predicted molar refractivity (Wildman–Crippen MR) is 64.2 cm³/mol. The molecule has 7 nitrogen and oxygen atoms in total. The molecule has 0 bridgehead atoms. The fraction of sp³-hybridized carbons (Fsp3) is 0.222. The molecule has 0 radical (unpaired) electrons. The van der Waals surface area contributed by atoms with Gasteiger partial charge in [0.05, 0.1) is 0 Å². The van der Waals surface area contributed by atoms with E-state index in [9.17, 15) is 0 Å². The first-order valence-electron chi connectivity index (χ1n) is 4.66. The van der Waals surface area contributed by atoms with E-state index in [4.69, 9.17) is 11.5 Å². The normalized spacial score (nSPS) is 10.1. The van der Waals surface area contributed by atoms with E-state index < -0.39 is 0 Å². The van der Waals surface area contributed by atoms with Gasteiger partial charge in [-0.1, -0.05) is 12.2 Å². The third-order valence-corrected chi connectivity index (χ3v) is 1.63. The van der Waals surface area contributed by atoms with Gasteiger partial charge in [-0.15, -0.1) is 13.2 Å². The van der Waals surface area contributed by atoms with Gasteiger partial charge in [0.2, 0.25) is 17.8 Å². The number of aromatic nitrogens is 3. The zero-order valence-electron chi connectivity index (χ0n) is 8.93. The molecule has 1 aromatic rings. The lowest BCUT2D eigenvalue weighted by Gasteiger charge is -2.19. The molecule has 0 aliphatic heterocycles. The van der Waals surface area contributed by atoms with E-state index in [1.807, 2.05) is 0 Å². The molecule has 1 heterocycles. The van der Waals surface area contributed by atoms with Gasteiger partial charge in [0.15, 0.2) is 0 Å². The molecule has 0 unspecified atom stereocenters. The van der Waals surface area contributed by atoms with Crippen LogP contribution in [0, 0.1) is 0 Å². The molecule has 16 heavy (non-hydrogen) atoms. The second-order valence-electron chi connectivity index (χ2n) is 2.97. The van der Waals surface area contributed by atoms with Crippen LogP contribution in [0.5, 0.6) is 0 Å². The van der Waals surface area contributed by atoms with Gasteiger partial charge in [-0.2, -0.15) is 15.0 Å². The van der Waals surface area contributed by atoms with Crippen LogP contribution in [0.15, 0.2) is 25.3 Å². The summed E-state index contributed by atoms with van der Waals surface area (Å²) in [4.78, 5) is 11.5. The highest BCUT2D eigenvalue weighted by atomic mass is 15.5. The monoisotopic (exact) mass is 221 g/mol. The summed E-state index contributed by atoms with van der Waals surface area (Å²) in [6.45, 7) is 8.50. The molecule has 0 aliphatic rings. The first-order chi connectivity index (χ1) is 7.65. The minimum atomic E-state index is 0.0761. The number of anilines is 3. The summed E-state index contributed by atoms with van der Waals surface area (Å²) in [5.41, 5.74) is 13.8. The number of nitrogens with zero attached hydrogens (tertiary/aromatic N) is 4. The van der Waals surface area contributed by atoms with E-state index in [1.165, 1.54) is 0 Å². The van der Waals surface area contributed by atoms with Crippen molar-refractivity contribution in [1.82, 2.24) is 20.0 Å². The van der Waals surface area contributed by atoms with Gasteiger partial charge in [0.1, 0.15) is 0 Å². The zero-order chi connectivity index (χ0) is 12.0. The highest BCUT2D eigenvalue weighted by molar-refractivity contribution is 5.36. The number of nitrogen functional groups attached to an aromatic ring is 2. The lowest BCUT2D eigenvalue weighted by Crippen LogP contribution is -2.31. The fourth-order valence-corrected chi connectivity index (χ4v) is 1.08. The fourth-order valence-electron chi connectivity index (χ4n) is 1.08. The molecule has 0 amide bonds. The summed E-state index contributed by atoms with van der Waals surface area (Å²) in [7, 11) is 0. The van der Waals surface area contributed by atoms with Crippen molar-refractivity contribution in [2.45, 2.75) is 0 Å². The van der Waals surface area contributed by atoms with E-state index in [-0.39, 0.29) is 11.9 Å². The largest absolute Gasteiger partial charge is 0.368 e. The van der Waals surface area contributed by atoms with E-state index in [0.29, 0.717) is 19.0 Å². The zero-order valence-corrected chi connectivity index (χ0v) is 8.93. The van der Waals surface area contributed by atoms with Crippen LogP contribution in [0.1, 0.15) is 0 Å². The van der Waals surface area contributed by atoms with E-state index in [2.05, 4.69) is 33.5 Å². The Labute approximate surface area is 93.9 Å². The average molecular weight is 221 g/mol.